The van der Waals surface area contributed by atoms with Crippen molar-refractivity contribution in [1.29, 1.82) is 5.26 Å². The van der Waals surface area contributed by atoms with E-state index in [1.54, 1.807) is 0 Å². The lowest BCUT2D eigenvalue weighted by Crippen LogP contribution is -2.65. The lowest BCUT2D eigenvalue weighted by molar-refractivity contribution is 0.134. The standard InChI is InChI=1S/C26H29BN6/c1-16-11-31(22-7-3-17(10-28)25-21(22)6-8-24(27)30-25)13-23-20-5-4-19(9-18(20)12-33(16)23)32-14-26(2,29)15-32/h3-9,16,23H,11-15,27,29H2,1-2H3/t16-,23-/m1/s1. The van der Waals surface area contributed by atoms with Gasteiger partial charge >= 0.3 is 0 Å². The SMILES string of the molecule is Bc1ccc2c(N3C[C@@H](C)N4Cc5cc(N6CC(C)(N)C6)ccc5[C@H]4C3)ccc(C#N)c2n1. The van der Waals surface area contributed by atoms with Crippen LogP contribution in [0.15, 0.2) is 42.5 Å². The number of aromatic nitrogens is 1. The number of hydrogen-bond donors (Lipinski definition) is 1. The summed E-state index contributed by atoms with van der Waals surface area (Å²) in [5.41, 5.74) is 13.9. The zero-order valence-corrected chi connectivity index (χ0v) is 19.5. The highest BCUT2D eigenvalue weighted by Crippen LogP contribution is 2.42. The van der Waals surface area contributed by atoms with Gasteiger partial charge in [0.15, 0.2) is 7.85 Å². The molecule has 2 saturated heterocycles. The van der Waals surface area contributed by atoms with Crippen LogP contribution in [0.3, 0.4) is 0 Å². The molecule has 2 aromatic carbocycles. The van der Waals surface area contributed by atoms with E-state index >= 15 is 0 Å². The summed E-state index contributed by atoms with van der Waals surface area (Å²) < 4.78 is 0. The van der Waals surface area contributed by atoms with Gasteiger partial charge in [0.1, 0.15) is 6.07 Å². The molecule has 2 N–H and O–H groups in total. The van der Waals surface area contributed by atoms with Crippen LogP contribution in [-0.2, 0) is 6.54 Å². The third-order valence-corrected chi connectivity index (χ3v) is 7.59. The minimum absolute atomic E-state index is 0.0667. The molecule has 0 bridgehead atoms. The van der Waals surface area contributed by atoms with Gasteiger partial charge in [0.05, 0.1) is 17.1 Å². The Bertz CT molecular complexity index is 1300. The van der Waals surface area contributed by atoms with Crippen LogP contribution in [0.1, 0.15) is 36.6 Å². The van der Waals surface area contributed by atoms with Crippen LogP contribution in [0.4, 0.5) is 11.4 Å². The first-order valence-electron chi connectivity index (χ1n) is 11.8. The smallest absolute Gasteiger partial charge is 0.163 e. The quantitative estimate of drug-likeness (QED) is 0.617. The van der Waals surface area contributed by atoms with E-state index in [2.05, 4.69) is 64.9 Å². The van der Waals surface area contributed by atoms with Gasteiger partial charge in [0.2, 0.25) is 0 Å². The molecule has 3 aliphatic heterocycles. The molecule has 7 heteroatoms. The van der Waals surface area contributed by atoms with Gasteiger partial charge in [0, 0.05) is 61.1 Å². The Morgan fingerprint density at radius 3 is 2.70 bits per heavy atom. The Kier molecular flexibility index (Phi) is 4.49. The van der Waals surface area contributed by atoms with Crippen molar-refractivity contribution in [1.82, 2.24) is 9.88 Å². The largest absolute Gasteiger partial charge is 0.368 e. The average molecular weight is 436 g/mol. The van der Waals surface area contributed by atoms with E-state index in [4.69, 9.17) is 10.7 Å². The van der Waals surface area contributed by atoms with E-state index in [0.29, 0.717) is 17.6 Å². The van der Waals surface area contributed by atoms with Crippen molar-refractivity contribution in [3.8, 4) is 6.07 Å². The van der Waals surface area contributed by atoms with Crippen molar-refractivity contribution in [2.75, 3.05) is 36.0 Å². The molecule has 33 heavy (non-hydrogen) atoms. The lowest BCUT2D eigenvalue weighted by atomic mass is 9.92. The van der Waals surface area contributed by atoms with Gasteiger partial charge in [-0.3, -0.25) is 9.88 Å². The van der Waals surface area contributed by atoms with Crippen molar-refractivity contribution < 1.29 is 0 Å². The fourth-order valence-electron chi connectivity index (χ4n) is 5.98. The number of nitriles is 1. The second kappa shape index (κ2) is 7.21. The van der Waals surface area contributed by atoms with Crippen LogP contribution < -0.4 is 21.1 Å². The van der Waals surface area contributed by atoms with Crippen molar-refractivity contribution in [2.24, 2.45) is 5.73 Å². The summed E-state index contributed by atoms with van der Waals surface area (Å²) in [7, 11) is 1.98. The number of nitrogens with two attached hydrogens (primary N) is 1. The Morgan fingerprint density at radius 2 is 1.94 bits per heavy atom. The molecule has 0 radical (unpaired) electrons. The normalized spacial score (nSPS) is 23.7. The average Bonchev–Trinajstić information content (AvgIpc) is 3.15. The second-order valence-corrected chi connectivity index (χ2v) is 10.4. The number of nitrogens with zero attached hydrogens (tertiary/aromatic N) is 5. The highest BCUT2D eigenvalue weighted by Gasteiger charge is 2.40. The number of hydrogen-bond acceptors (Lipinski definition) is 6. The fraction of sp³-hybridized carbons (Fsp3) is 0.385. The molecule has 0 unspecified atom stereocenters. The summed E-state index contributed by atoms with van der Waals surface area (Å²) in [5, 5.41) is 10.7. The summed E-state index contributed by atoms with van der Waals surface area (Å²) in [6, 6.07) is 18.3. The van der Waals surface area contributed by atoms with Crippen molar-refractivity contribution in [3.05, 3.63) is 59.2 Å². The first kappa shape index (κ1) is 20.5. The highest BCUT2D eigenvalue weighted by molar-refractivity contribution is 6.31. The molecule has 2 fully saturated rings. The first-order valence-corrected chi connectivity index (χ1v) is 11.8. The topological polar surface area (TPSA) is 72.4 Å². The van der Waals surface area contributed by atoms with Crippen LogP contribution in [-0.4, -0.2) is 55.5 Å². The zero-order valence-electron chi connectivity index (χ0n) is 19.5. The van der Waals surface area contributed by atoms with Crippen LogP contribution in [0.5, 0.6) is 0 Å². The molecule has 1 aromatic heterocycles. The van der Waals surface area contributed by atoms with Gasteiger partial charge in [-0.05, 0) is 60.9 Å². The third-order valence-electron chi connectivity index (χ3n) is 7.59. The number of rotatable bonds is 2. The molecule has 0 saturated carbocycles. The number of pyridine rings is 1. The van der Waals surface area contributed by atoms with Gasteiger partial charge in [0.25, 0.3) is 0 Å². The molecule has 2 atom stereocenters. The van der Waals surface area contributed by atoms with Gasteiger partial charge < -0.3 is 15.5 Å². The van der Waals surface area contributed by atoms with E-state index in [1.807, 2.05) is 20.0 Å². The van der Waals surface area contributed by atoms with Crippen molar-refractivity contribution in [3.63, 3.8) is 0 Å². The summed E-state index contributed by atoms with van der Waals surface area (Å²) >= 11 is 0. The molecule has 3 aromatic rings. The summed E-state index contributed by atoms with van der Waals surface area (Å²) in [4.78, 5) is 12.2. The van der Waals surface area contributed by atoms with Crippen molar-refractivity contribution >= 4 is 35.7 Å². The fourth-order valence-corrected chi connectivity index (χ4v) is 5.98. The van der Waals surface area contributed by atoms with E-state index in [-0.39, 0.29) is 5.54 Å². The van der Waals surface area contributed by atoms with Crippen LogP contribution in [0, 0.1) is 11.3 Å². The predicted molar refractivity (Wildman–Crippen MR) is 136 cm³/mol. The first-order chi connectivity index (χ1) is 15.8. The van der Waals surface area contributed by atoms with Crippen LogP contribution in [0.25, 0.3) is 10.9 Å². The van der Waals surface area contributed by atoms with Crippen LogP contribution >= 0.6 is 0 Å². The minimum atomic E-state index is -0.0667. The molecule has 6 rings (SSSR count). The maximum atomic E-state index is 9.59. The van der Waals surface area contributed by atoms with E-state index in [0.717, 1.165) is 49.2 Å². The predicted octanol–water partition coefficient (Wildman–Crippen LogP) is 1.67. The number of benzene rings is 2. The maximum Gasteiger partial charge on any atom is 0.163 e. The number of anilines is 2. The van der Waals surface area contributed by atoms with Gasteiger partial charge in [-0.1, -0.05) is 12.1 Å². The molecular formula is C26H29BN6. The van der Waals surface area contributed by atoms with Crippen LogP contribution in [0.2, 0.25) is 0 Å². The Balaban J connectivity index is 1.33. The summed E-state index contributed by atoms with van der Waals surface area (Å²) in [6.45, 7) is 9.20. The molecular weight excluding hydrogens is 407 g/mol. The molecule has 0 aliphatic carbocycles. The zero-order chi connectivity index (χ0) is 22.9. The monoisotopic (exact) mass is 436 g/mol. The third kappa shape index (κ3) is 3.28. The molecule has 3 aliphatic rings. The van der Waals surface area contributed by atoms with E-state index < -0.39 is 0 Å². The molecule has 4 heterocycles. The van der Waals surface area contributed by atoms with E-state index in [1.165, 1.54) is 22.5 Å². The molecule has 0 spiro atoms. The van der Waals surface area contributed by atoms with Gasteiger partial charge in [-0.2, -0.15) is 5.26 Å². The Labute approximate surface area is 196 Å². The lowest BCUT2D eigenvalue weighted by Gasteiger charge is -2.47. The number of fused-ring (bicyclic) bond motifs is 4. The van der Waals surface area contributed by atoms with Gasteiger partial charge in [-0.15, -0.1) is 0 Å². The molecule has 166 valence electrons. The minimum Gasteiger partial charge on any atom is -0.368 e. The maximum absolute atomic E-state index is 9.59. The molecule has 0 amide bonds. The van der Waals surface area contributed by atoms with E-state index in [9.17, 15) is 5.26 Å². The number of piperazine rings is 1. The summed E-state index contributed by atoms with van der Waals surface area (Å²) in [6.07, 6.45) is 0. The Hall–Kier alpha value is -3.08. The van der Waals surface area contributed by atoms with Gasteiger partial charge in [-0.25, -0.2) is 0 Å². The Morgan fingerprint density at radius 1 is 1.12 bits per heavy atom. The van der Waals surface area contributed by atoms with Crippen molar-refractivity contribution in [2.45, 2.75) is 38.0 Å². The summed E-state index contributed by atoms with van der Waals surface area (Å²) in [5.74, 6) is 0. The molecule has 6 nitrogen and oxygen atoms in total. The highest BCUT2D eigenvalue weighted by atomic mass is 15.3. The second-order valence-electron chi connectivity index (χ2n) is 10.4.